The van der Waals surface area contributed by atoms with Gasteiger partial charge in [0.1, 0.15) is 11.6 Å². The van der Waals surface area contributed by atoms with Crippen LogP contribution in [0.4, 0.5) is 5.82 Å². The molecule has 116 valence electrons. The number of likely N-dealkylation sites (tertiary alicyclic amines) is 1. The first-order chi connectivity index (χ1) is 10.3. The smallest absolute Gasteiger partial charge is 0.137 e. The van der Waals surface area contributed by atoms with Crippen LogP contribution < -0.4 is 15.4 Å². The SMILES string of the molecule is CN1CCC(COc2ccc(NC3CCNCC3)nc2)C1. The van der Waals surface area contributed by atoms with E-state index in [1.54, 1.807) is 0 Å². The van der Waals surface area contributed by atoms with Crippen molar-refractivity contribution >= 4 is 5.82 Å². The minimum Gasteiger partial charge on any atom is -0.492 e. The summed E-state index contributed by atoms with van der Waals surface area (Å²) < 4.78 is 5.86. The minimum absolute atomic E-state index is 0.541. The van der Waals surface area contributed by atoms with Crippen LogP contribution in [0.5, 0.6) is 5.75 Å². The highest BCUT2D eigenvalue weighted by Gasteiger charge is 2.20. The van der Waals surface area contributed by atoms with Crippen LogP contribution in [0.25, 0.3) is 0 Å². The van der Waals surface area contributed by atoms with E-state index in [0.717, 1.165) is 50.7 Å². The number of hydrogen-bond donors (Lipinski definition) is 2. The first-order valence-electron chi connectivity index (χ1n) is 8.04. The van der Waals surface area contributed by atoms with Crippen molar-refractivity contribution in [2.24, 2.45) is 5.92 Å². The Morgan fingerprint density at radius 1 is 1.33 bits per heavy atom. The molecule has 21 heavy (non-hydrogen) atoms. The van der Waals surface area contributed by atoms with E-state index in [1.807, 2.05) is 18.3 Å². The second-order valence-electron chi connectivity index (χ2n) is 6.28. The molecular formula is C16H26N4O. The Labute approximate surface area is 127 Å². The van der Waals surface area contributed by atoms with E-state index >= 15 is 0 Å². The Bertz CT molecular complexity index is 430. The van der Waals surface area contributed by atoms with E-state index in [4.69, 9.17) is 4.74 Å². The summed E-state index contributed by atoms with van der Waals surface area (Å²) in [6.45, 7) is 5.31. The summed E-state index contributed by atoms with van der Waals surface area (Å²) in [6, 6.07) is 4.59. The molecule has 2 aliphatic rings. The lowest BCUT2D eigenvalue weighted by Gasteiger charge is -2.24. The van der Waals surface area contributed by atoms with Crippen molar-refractivity contribution in [1.82, 2.24) is 15.2 Å². The van der Waals surface area contributed by atoms with Gasteiger partial charge in [-0.3, -0.25) is 0 Å². The first kappa shape index (κ1) is 14.6. The maximum Gasteiger partial charge on any atom is 0.137 e. The second kappa shape index (κ2) is 7.09. The largest absolute Gasteiger partial charge is 0.492 e. The molecule has 2 saturated heterocycles. The number of hydrogen-bond acceptors (Lipinski definition) is 5. The summed E-state index contributed by atoms with van der Waals surface area (Å²) in [5.41, 5.74) is 0. The number of piperidine rings is 1. The molecule has 0 aliphatic carbocycles. The van der Waals surface area contributed by atoms with Crippen LogP contribution in [0.1, 0.15) is 19.3 Å². The van der Waals surface area contributed by atoms with Crippen LogP contribution >= 0.6 is 0 Å². The van der Waals surface area contributed by atoms with Crippen LogP contribution in [-0.4, -0.2) is 55.8 Å². The zero-order chi connectivity index (χ0) is 14.5. The van der Waals surface area contributed by atoms with Crippen LogP contribution in [0.15, 0.2) is 18.3 Å². The van der Waals surface area contributed by atoms with E-state index in [2.05, 4.69) is 27.6 Å². The monoisotopic (exact) mass is 290 g/mol. The fourth-order valence-electron chi connectivity index (χ4n) is 3.10. The Kier molecular flexibility index (Phi) is 4.93. The zero-order valence-electron chi connectivity index (χ0n) is 12.8. The molecule has 2 aliphatic heterocycles. The molecule has 0 bridgehead atoms. The van der Waals surface area contributed by atoms with Gasteiger partial charge in [0, 0.05) is 18.5 Å². The van der Waals surface area contributed by atoms with Crippen molar-refractivity contribution in [3.63, 3.8) is 0 Å². The lowest BCUT2D eigenvalue weighted by molar-refractivity contribution is 0.248. The van der Waals surface area contributed by atoms with Gasteiger partial charge in [-0.2, -0.15) is 0 Å². The number of aromatic nitrogens is 1. The van der Waals surface area contributed by atoms with Gasteiger partial charge in [0.05, 0.1) is 12.8 Å². The first-order valence-corrected chi connectivity index (χ1v) is 8.04. The number of pyridine rings is 1. The normalized spacial score (nSPS) is 24.1. The lowest BCUT2D eigenvalue weighted by atomic mass is 10.1. The number of ether oxygens (including phenoxy) is 1. The van der Waals surface area contributed by atoms with E-state index in [-0.39, 0.29) is 0 Å². The van der Waals surface area contributed by atoms with Crippen LogP contribution in [0.3, 0.4) is 0 Å². The van der Waals surface area contributed by atoms with Crippen molar-refractivity contribution in [2.45, 2.75) is 25.3 Å². The molecule has 0 aromatic carbocycles. The fraction of sp³-hybridized carbons (Fsp3) is 0.688. The van der Waals surface area contributed by atoms with E-state index < -0.39 is 0 Å². The number of rotatable bonds is 5. The molecule has 1 aromatic rings. The average Bonchev–Trinajstić information content (AvgIpc) is 2.93. The van der Waals surface area contributed by atoms with E-state index in [1.165, 1.54) is 13.0 Å². The van der Waals surface area contributed by atoms with Crippen LogP contribution in [0.2, 0.25) is 0 Å². The molecule has 1 atom stereocenters. The molecule has 1 unspecified atom stereocenters. The quantitative estimate of drug-likeness (QED) is 0.862. The number of nitrogens with one attached hydrogen (secondary N) is 2. The maximum atomic E-state index is 5.86. The molecule has 2 fully saturated rings. The predicted octanol–water partition coefficient (Wildman–Crippen LogP) is 1.58. The number of nitrogens with zero attached hydrogens (tertiary/aromatic N) is 2. The van der Waals surface area contributed by atoms with Gasteiger partial charge in [0.25, 0.3) is 0 Å². The van der Waals surface area contributed by atoms with Crippen LogP contribution in [0, 0.1) is 5.92 Å². The Morgan fingerprint density at radius 2 is 2.19 bits per heavy atom. The van der Waals surface area contributed by atoms with Gasteiger partial charge in [-0.05, 0) is 58.1 Å². The summed E-state index contributed by atoms with van der Waals surface area (Å²) in [5.74, 6) is 2.48. The molecule has 0 radical (unpaired) electrons. The number of anilines is 1. The maximum absolute atomic E-state index is 5.86. The Balaban J connectivity index is 1.45. The fourth-order valence-corrected chi connectivity index (χ4v) is 3.10. The molecule has 3 heterocycles. The van der Waals surface area contributed by atoms with Crippen molar-refractivity contribution in [1.29, 1.82) is 0 Å². The molecule has 0 saturated carbocycles. The Hall–Kier alpha value is -1.33. The Morgan fingerprint density at radius 3 is 2.86 bits per heavy atom. The van der Waals surface area contributed by atoms with Gasteiger partial charge in [0.2, 0.25) is 0 Å². The molecule has 0 spiro atoms. The summed E-state index contributed by atoms with van der Waals surface area (Å²) in [5, 5.41) is 6.87. The highest BCUT2D eigenvalue weighted by atomic mass is 16.5. The molecule has 2 N–H and O–H groups in total. The molecule has 0 amide bonds. The standard InChI is InChI=1S/C16H26N4O/c1-20-9-6-13(11-20)12-21-15-2-3-16(18-10-15)19-14-4-7-17-8-5-14/h2-3,10,13-14,17H,4-9,11-12H2,1H3,(H,18,19). The van der Waals surface area contributed by atoms with Crippen molar-refractivity contribution in [3.05, 3.63) is 18.3 Å². The summed E-state index contributed by atoms with van der Waals surface area (Å²) >= 11 is 0. The van der Waals surface area contributed by atoms with E-state index in [9.17, 15) is 0 Å². The topological polar surface area (TPSA) is 49.4 Å². The highest BCUT2D eigenvalue weighted by Crippen LogP contribution is 2.18. The molecule has 5 nitrogen and oxygen atoms in total. The zero-order valence-corrected chi connectivity index (χ0v) is 12.8. The third-order valence-corrected chi connectivity index (χ3v) is 4.40. The van der Waals surface area contributed by atoms with Crippen molar-refractivity contribution in [2.75, 3.05) is 45.2 Å². The van der Waals surface area contributed by atoms with Gasteiger partial charge in [-0.15, -0.1) is 0 Å². The third kappa shape index (κ3) is 4.32. The third-order valence-electron chi connectivity index (χ3n) is 4.40. The van der Waals surface area contributed by atoms with Gasteiger partial charge in [0.15, 0.2) is 0 Å². The summed E-state index contributed by atoms with van der Waals surface area (Å²) in [4.78, 5) is 6.83. The second-order valence-corrected chi connectivity index (χ2v) is 6.28. The predicted molar refractivity (Wildman–Crippen MR) is 84.9 cm³/mol. The average molecular weight is 290 g/mol. The molecular weight excluding hydrogens is 264 g/mol. The summed E-state index contributed by atoms with van der Waals surface area (Å²) in [7, 11) is 2.17. The molecule has 1 aromatic heterocycles. The van der Waals surface area contributed by atoms with Gasteiger partial charge >= 0.3 is 0 Å². The van der Waals surface area contributed by atoms with Crippen molar-refractivity contribution < 1.29 is 4.74 Å². The minimum atomic E-state index is 0.541. The van der Waals surface area contributed by atoms with Gasteiger partial charge < -0.3 is 20.3 Å². The van der Waals surface area contributed by atoms with E-state index in [0.29, 0.717) is 12.0 Å². The van der Waals surface area contributed by atoms with Gasteiger partial charge in [-0.25, -0.2) is 4.98 Å². The molecule has 5 heteroatoms. The van der Waals surface area contributed by atoms with Crippen LogP contribution in [-0.2, 0) is 0 Å². The van der Waals surface area contributed by atoms with Crippen molar-refractivity contribution in [3.8, 4) is 5.75 Å². The van der Waals surface area contributed by atoms with Gasteiger partial charge in [-0.1, -0.05) is 0 Å². The lowest BCUT2D eigenvalue weighted by Crippen LogP contribution is -2.35. The highest BCUT2D eigenvalue weighted by molar-refractivity contribution is 5.38. The molecule has 3 rings (SSSR count). The summed E-state index contributed by atoms with van der Waals surface area (Å²) in [6.07, 6.45) is 5.39.